The van der Waals surface area contributed by atoms with Crippen molar-refractivity contribution in [2.45, 2.75) is 83.4 Å². The molecule has 0 aromatic carbocycles. The van der Waals surface area contributed by atoms with Gasteiger partial charge in [0.05, 0.1) is 18.8 Å². The number of hydrogen-bond acceptors (Lipinski definition) is 6. The smallest absolute Gasteiger partial charge is 0.326 e. The molecule has 37 heavy (non-hydrogen) atoms. The first-order valence-corrected chi connectivity index (χ1v) is 13.8. The number of urea groups is 1. The molecule has 0 saturated carbocycles. The molecular weight excluding hydrogens is 477 g/mol. The average Bonchev–Trinajstić information content (AvgIpc) is 3.37. The predicted octanol–water partition coefficient (Wildman–Crippen LogP) is 3.48. The number of aromatic nitrogens is 1. The van der Waals surface area contributed by atoms with Crippen molar-refractivity contribution in [3.8, 4) is 0 Å². The minimum atomic E-state index is -1.07. The van der Waals surface area contributed by atoms with Crippen molar-refractivity contribution in [1.29, 1.82) is 0 Å². The number of nitrogens with one attached hydrogen (secondary N) is 2. The number of rotatable bonds is 15. The lowest BCUT2D eigenvalue weighted by Gasteiger charge is -2.27. The molecule has 0 radical (unpaired) electrons. The van der Waals surface area contributed by atoms with E-state index in [1.54, 1.807) is 0 Å². The lowest BCUT2D eigenvalue weighted by Crippen LogP contribution is -2.50. The summed E-state index contributed by atoms with van der Waals surface area (Å²) in [5.74, 6) is -0.0560. The fourth-order valence-corrected chi connectivity index (χ4v) is 4.97. The Morgan fingerprint density at radius 2 is 2.11 bits per heavy atom. The molecule has 0 aliphatic carbocycles. The third kappa shape index (κ3) is 9.41. The molecule has 9 nitrogen and oxygen atoms in total. The van der Waals surface area contributed by atoms with E-state index in [1.807, 2.05) is 13.8 Å². The number of carbonyl (C=O) groups is 2. The Balaban J connectivity index is 1.48. The van der Waals surface area contributed by atoms with Gasteiger partial charge in [0.25, 0.3) is 0 Å². The van der Waals surface area contributed by atoms with Crippen molar-refractivity contribution in [3.63, 3.8) is 0 Å². The van der Waals surface area contributed by atoms with Crippen LogP contribution in [0.25, 0.3) is 0 Å². The number of likely N-dealkylation sites (tertiary alicyclic amines) is 1. The number of nitrogens with zero attached hydrogens (tertiary/aromatic N) is 3. The van der Waals surface area contributed by atoms with Crippen LogP contribution in [0.5, 0.6) is 0 Å². The van der Waals surface area contributed by atoms with Crippen molar-refractivity contribution in [3.05, 3.63) is 23.4 Å². The van der Waals surface area contributed by atoms with Crippen molar-refractivity contribution in [2.24, 2.45) is 0 Å². The Morgan fingerprint density at radius 3 is 2.86 bits per heavy atom. The van der Waals surface area contributed by atoms with Gasteiger partial charge in [-0.1, -0.05) is 6.07 Å². The maximum atomic E-state index is 13.2. The quantitative estimate of drug-likeness (QED) is 0.303. The van der Waals surface area contributed by atoms with Gasteiger partial charge in [0.2, 0.25) is 0 Å². The summed E-state index contributed by atoms with van der Waals surface area (Å²) in [5, 5.41) is 15.7. The zero-order chi connectivity index (χ0) is 26.6. The number of amides is 2. The van der Waals surface area contributed by atoms with Crippen molar-refractivity contribution in [2.75, 3.05) is 51.3 Å². The maximum absolute atomic E-state index is 13.2. The van der Waals surface area contributed by atoms with Gasteiger partial charge in [-0.15, -0.1) is 0 Å². The van der Waals surface area contributed by atoms with Gasteiger partial charge < -0.3 is 30.3 Å². The Bertz CT molecular complexity index is 871. The second kappa shape index (κ2) is 15.1. The van der Waals surface area contributed by atoms with E-state index in [2.05, 4.69) is 27.7 Å². The van der Waals surface area contributed by atoms with Crippen LogP contribution in [0.3, 0.4) is 0 Å². The molecule has 208 valence electrons. The van der Waals surface area contributed by atoms with Crippen LogP contribution < -0.4 is 10.6 Å². The van der Waals surface area contributed by atoms with Gasteiger partial charge in [-0.25, -0.2) is 19.0 Å². The van der Waals surface area contributed by atoms with Crippen molar-refractivity contribution >= 4 is 17.8 Å². The summed E-state index contributed by atoms with van der Waals surface area (Å²) >= 11 is 0. The standard InChI is InChI=1S/C27H44FN5O4/c1-20(2)37-18-17-32(14-4-3-8-22-11-10-21-7-5-13-29-25(21)30-22)16-12-24(26(34)35)31-27(36)33-15-6-9-23(33)19-28/h10-11,20,23-24H,3-9,12-19H2,1-2H3,(H,29,30)(H,31,36)(H,34,35)/t23-,24-/m0/s1. The van der Waals surface area contributed by atoms with E-state index in [-0.39, 0.29) is 12.5 Å². The number of carboxylic acids is 1. The zero-order valence-electron chi connectivity index (χ0n) is 22.4. The summed E-state index contributed by atoms with van der Waals surface area (Å²) in [4.78, 5) is 32.9. The summed E-state index contributed by atoms with van der Waals surface area (Å²) in [5.41, 5.74) is 2.38. The molecule has 0 bridgehead atoms. The molecule has 3 heterocycles. The molecule has 2 amide bonds. The van der Waals surface area contributed by atoms with E-state index >= 15 is 0 Å². The summed E-state index contributed by atoms with van der Waals surface area (Å²) in [6.45, 7) is 7.39. The monoisotopic (exact) mass is 521 g/mol. The molecule has 2 aliphatic rings. The van der Waals surface area contributed by atoms with E-state index in [4.69, 9.17) is 9.72 Å². The highest BCUT2D eigenvalue weighted by atomic mass is 19.1. The highest BCUT2D eigenvalue weighted by molar-refractivity contribution is 5.82. The molecule has 2 aliphatic heterocycles. The van der Waals surface area contributed by atoms with Gasteiger partial charge in [0.1, 0.15) is 18.5 Å². The van der Waals surface area contributed by atoms with E-state index in [1.165, 1.54) is 10.5 Å². The number of alkyl halides is 1. The molecule has 1 saturated heterocycles. The minimum Gasteiger partial charge on any atom is -0.480 e. The topological polar surface area (TPSA) is 107 Å². The second-order valence-electron chi connectivity index (χ2n) is 10.3. The van der Waals surface area contributed by atoms with Crippen LogP contribution in [0.1, 0.15) is 63.6 Å². The number of hydrogen-bond donors (Lipinski definition) is 3. The van der Waals surface area contributed by atoms with Crippen molar-refractivity contribution in [1.82, 2.24) is 20.1 Å². The fraction of sp³-hybridized carbons (Fsp3) is 0.741. The first kappa shape index (κ1) is 29.1. The predicted molar refractivity (Wildman–Crippen MR) is 142 cm³/mol. The number of aliphatic carboxylic acids is 1. The fourth-order valence-electron chi connectivity index (χ4n) is 4.97. The first-order chi connectivity index (χ1) is 17.9. The van der Waals surface area contributed by atoms with Gasteiger partial charge in [-0.3, -0.25) is 0 Å². The molecule has 3 rings (SSSR count). The number of aryl methyl sites for hydroxylation is 2. The highest BCUT2D eigenvalue weighted by Crippen LogP contribution is 2.20. The number of pyridine rings is 1. The molecule has 0 spiro atoms. The minimum absolute atomic E-state index is 0.125. The van der Waals surface area contributed by atoms with Crippen LogP contribution in [0.4, 0.5) is 15.0 Å². The number of carbonyl (C=O) groups excluding carboxylic acids is 1. The summed E-state index contributed by atoms with van der Waals surface area (Å²) < 4.78 is 18.9. The SMILES string of the molecule is CC(C)OCCN(CCCCc1ccc2c(n1)NCCC2)CC[C@H](NC(=O)N1CCC[C@H]1CF)C(=O)O. The number of unbranched alkanes of at least 4 members (excludes halogenated alkanes) is 1. The molecule has 2 atom stereocenters. The number of ether oxygens (including phenoxy) is 1. The third-order valence-electron chi connectivity index (χ3n) is 7.11. The van der Waals surface area contributed by atoms with Crippen LogP contribution in [-0.2, 0) is 22.4 Å². The number of fused-ring (bicyclic) bond motifs is 1. The molecule has 1 aromatic heterocycles. The van der Waals surface area contributed by atoms with Crippen LogP contribution in [0.15, 0.2) is 12.1 Å². The number of anilines is 1. The number of carboxylic acid groups (broad SMARTS) is 1. The molecule has 10 heteroatoms. The van der Waals surface area contributed by atoms with E-state index in [9.17, 15) is 19.1 Å². The summed E-state index contributed by atoms with van der Waals surface area (Å²) in [6, 6.07) is 2.33. The Morgan fingerprint density at radius 1 is 1.27 bits per heavy atom. The Labute approximate surface area is 220 Å². The third-order valence-corrected chi connectivity index (χ3v) is 7.11. The molecule has 1 fully saturated rings. The highest BCUT2D eigenvalue weighted by Gasteiger charge is 2.31. The normalized spacial score (nSPS) is 18.1. The molecule has 0 unspecified atom stereocenters. The Kier molecular flexibility index (Phi) is 11.9. The molecule has 3 N–H and O–H groups in total. The molecule has 1 aromatic rings. The van der Waals surface area contributed by atoms with Gasteiger partial charge in [0, 0.05) is 31.9 Å². The van der Waals surface area contributed by atoms with Gasteiger partial charge >= 0.3 is 12.0 Å². The largest absolute Gasteiger partial charge is 0.480 e. The number of halogens is 1. The van der Waals surface area contributed by atoms with Crippen LogP contribution >= 0.6 is 0 Å². The lowest BCUT2D eigenvalue weighted by atomic mass is 10.1. The van der Waals surface area contributed by atoms with Crippen molar-refractivity contribution < 1.29 is 23.8 Å². The lowest BCUT2D eigenvalue weighted by molar-refractivity contribution is -0.139. The van der Waals surface area contributed by atoms with Gasteiger partial charge in [-0.2, -0.15) is 0 Å². The second-order valence-corrected chi connectivity index (χ2v) is 10.3. The van der Waals surface area contributed by atoms with E-state index in [0.29, 0.717) is 32.7 Å². The van der Waals surface area contributed by atoms with Gasteiger partial charge in [-0.05, 0) is 83.4 Å². The van der Waals surface area contributed by atoms with Crippen LogP contribution in [0, 0.1) is 0 Å². The average molecular weight is 522 g/mol. The summed E-state index contributed by atoms with van der Waals surface area (Å²) in [6.07, 6.45) is 6.79. The Hall–Kier alpha value is -2.46. The maximum Gasteiger partial charge on any atom is 0.326 e. The van der Waals surface area contributed by atoms with Gasteiger partial charge in [0.15, 0.2) is 0 Å². The van der Waals surface area contributed by atoms with E-state index in [0.717, 1.165) is 63.1 Å². The van der Waals surface area contributed by atoms with E-state index < -0.39 is 30.8 Å². The van der Waals surface area contributed by atoms with Crippen LogP contribution in [-0.4, -0.2) is 96.1 Å². The first-order valence-electron chi connectivity index (χ1n) is 13.8. The zero-order valence-corrected chi connectivity index (χ0v) is 22.4. The summed E-state index contributed by atoms with van der Waals surface area (Å²) in [7, 11) is 0. The van der Waals surface area contributed by atoms with Crippen LogP contribution in [0.2, 0.25) is 0 Å². The molecular formula is C27H44FN5O4.